The zero-order valence-electron chi connectivity index (χ0n) is 13.1. The molecule has 0 bridgehead atoms. The van der Waals surface area contributed by atoms with Crippen molar-refractivity contribution in [1.82, 2.24) is 4.90 Å². The summed E-state index contributed by atoms with van der Waals surface area (Å²) in [5.74, 6) is 0.549. The molecule has 1 aliphatic carbocycles. The Balaban J connectivity index is 1.65. The Bertz CT molecular complexity index is 604. The zero-order chi connectivity index (χ0) is 15.4. The average molecular weight is 293 g/mol. The molecule has 0 spiro atoms. The quantitative estimate of drug-likeness (QED) is 0.774. The van der Waals surface area contributed by atoms with Crippen molar-refractivity contribution < 1.29 is 4.79 Å². The average Bonchev–Trinajstić information content (AvgIpc) is 3.39. The van der Waals surface area contributed by atoms with E-state index in [0.717, 1.165) is 19.4 Å². The number of hydrogen-bond acceptors (Lipinski definition) is 1. The SMILES string of the molecule is CC(CC(=O)N(Cc1ccccc1)C1CC1)c1ccccc1. The number of rotatable bonds is 6. The highest BCUT2D eigenvalue weighted by Crippen LogP contribution is 2.30. The highest BCUT2D eigenvalue weighted by Gasteiger charge is 2.32. The maximum Gasteiger partial charge on any atom is 0.223 e. The highest BCUT2D eigenvalue weighted by atomic mass is 16.2. The van der Waals surface area contributed by atoms with Crippen LogP contribution in [0.15, 0.2) is 60.7 Å². The number of benzene rings is 2. The molecule has 1 aliphatic rings. The van der Waals surface area contributed by atoms with E-state index in [2.05, 4.69) is 36.1 Å². The van der Waals surface area contributed by atoms with Crippen LogP contribution >= 0.6 is 0 Å². The van der Waals surface area contributed by atoms with Crippen LogP contribution in [0.4, 0.5) is 0 Å². The Morgan fingerprint density at radius 3 is 2.23 bits per heavy atom. The van der Waals surface area contributed by atoms with Crippen molar-refractivity contribution in [3.05, 3.63) is 71.8 Å². The van der Waals surface area contributed by atoms with Gasteiger partial charge in [-0.15, -0.1) is 0 Å². The lowest BCUT2D eigenvalue weighted by Crippen LogP contribution is -2.33. The third kappa shape index (κ3) is 3.76. The van der Waals surface area contributed by atoms with E-state index in [1.165, 1.54) is 11.1 Å². The lowest BCUT2D eigenvalue weighted by molar-refractivity contribution is -0.132. The molecule has 0 aliphatic heterocycles. The van der Waals surface area contributed by atoms with E-state index in [4.69, 9.17) is 0 Å². The predicted molar refractivity (Wildman–Crippen MR) is 89.5 cm³/mol. The van der Waals surface area contributed by atoms with Crippen LogP contribution in [-0.4, -0.2) is 16.8 Å². The van der Waals surface area contributed by atoms with Gasteiger partial charge in [0.25, 0.3) is 0 Å². The van der Waals surface area contributed by atoms with Crippen molar-refractivity contribution in [3.8, 4) is 0 Å². The van der Waals surface area contributed by atoms with E-state index in [1.54, 1.807) is 0 Å². The number of carbonyl (C=O) groups is 1. The fraction of sp³-hybridized carbons (Fsp3) is 0.350. The molecule has 2 aromatic carbocycles. The lowest BCUT2D eigenvalue weighted by Gasteiger charge is -2.24. The fourth-order valence-corrected chi connectivity index (χ4v) is 2.87. The first-order valence-electron chi connectivity index (χ1n) is 8.12. The van der Waals surface area contributed by atoms with Gasteiger partial charge in [0.1, 0.15) is 0 Å². The normalized spacial score (nSPS) is 15.3. The summed E-state index contributed by atoms with van der Waals surface area (Å²) >= 11 is 0. The summed E-state index contributed by atoms with van der Waals surface area (Å²) < 4.78 is 0. The Morgan fingerprint density at radius 2 is 1.64 bits per heavy atom. The molecule has 1 amide bonds. The molecule has 114 valence electrons. The fourth-order valence-electron chi connectivity index (χ4n) is 2.87. The standard InChI is InChI=1S/C20H23NO/c1-16(18-10-6-3-7-11-18)14-20(22)21(19-12-13-19)15-17-8-4-2-5-9-17/h2-11,16,19H,12-15H2,1H3. The van der Waals surface area contributed by atoms with Crippen molar-refractivity contribution in [1.29, 1.82) is 0 Å². The molecule has 1 atom stereocenters. The second-order valence-electron chi connectivity index (χ2n) is 6.25. The second-order valence-corrected chi connectivity index (χ2v) is 6.25. The molecule has 1 unspecified atom stereocenters. The van der Waals surface area contributed by atoms with E-state index in [-0.39, 0.29) is 11.8 Å². The van der Waals surface area contributed by atoms with Crippen molar-refractivity contribution in [2.45, 2.75) is 44.7 Å². The molecule has 0 radical (unpaired) electrons. The maximum atomic E-state index is 12.7. The molecule has 1 fully saturated rings. The first kappa shape index (κ1) is 14.8. The van der Waals surface area contributed by atoms with Crippen LogP contribution in [0.3, 0.4) is 0 Å². The van der Waals surface area contributed by atoms with Crippen LogP contribution in [0.5, 0.6) is 0 Å². The summed E-state index contributed by atoms with van der Waals surface area (Å²) in [7, 11) is 0. The summed E-state index contributed by atoms with van der Waals surface area (Å²) in [6.07, 6.45) is 2.89. The van der Waals surface area contributed by atoms with Gasteiger partial charge in [0.15, 0.2) is 0 Å². The summed E-state index contributed by atoms with van der Waals surface area (Å²) in [6, 6.07) is 21.1. The Labute approximate surface area is 132 Å². The Morgan fingerprint density at radius 1 is 1.05 bits per heavy atom. The molecule has 22 heavy (non-hydrogen) atoms. The highest BCUT2D eigenvalue weighted by molar-refractivity contribution is 5.77. The van der Waals surface area contributed by atoms with Gasteiger partial charge in [-0.3, -0.25) is 4.79 Å². The smallest absolute Gasteiger partial charge is 0.223 e. The predicted octanol–water partition coefficient (Wildman–Crippen LogP) is 4.37. The largest absolute Gasteiger partial charge is 0.335 e. The monoisotopic (exact) mass is 293 g/mol. The van der Waals surface area contributed by atoms with Gasteiger partial charge in [-0.1, -0.05) is 67.6 Å². The van der Waals surface area contributed by atoms with Crippen LogP contribution < -0.4 is 0 Å². The van der Waals surface area contributed by atoms with Gasteiger partial charge in [0.2, 0.25) is 5.91 Å². The van der Waals surface area contributed by atoms with Gasteiger partial charge >= 0.3 is 0 Å². The van der Waals surface area contributed by atoms with Crippen LogP contribution in [0, 0.1) is 0 Å². The summed E-state index contributed by atoms with van der Waals surface area (Å²) in [4.78, 5) is 14.8. The molecule has 1 saturated carbocycles. The van der Waals surface area contributed by atoms with Crippen LogP contribution in [0.25, 0.3) is 0 Å². The van der Waals surface area contributed by atoms with Gasteiger partial charge < -0.3 is 4.90 Å². The first-order chi connectivity index (χ1) is 10.7. The van der Waals surface area contributed by atoms with Crippen molar-refractivity contribution >= 4 is 5.91 Å². The van der Waals surface area contributed by atoms with Gasteiger partial charge in [0, 0.05) is 19.0 Å². The van der Waals surface area contributed by atoms with Crippen LogP contribution in [0.2, 0.25) is 0 Å². The van der Waals surface area contributed by atoms with E-state index >= 15 is 0 Å². The first-order valence-corrected chi connectivity index (χ1v) is 8.12. The third-order valence-electron chi connectivity index (χ3n) is 4.35. The minimum Gasteiger partial charge on any atom is -0.335 e. The Hall–Kier alpha value is -2.09. The molecule has 3 rings (SSSR count). The third-order valence-corrected chi connectivity index (χ3v) is 4.35. The summed E-state index contributed by atoms with van der Waals surface area (Å²) in [6.45, 7) is 2.88. The molecule has 2 heteroatoms. The van der Waals surface area contributed by atoms with Crippen molar-refractivity contribution in [2.75, 3.05) is 0 Å². The summed E-state index contributed by atoms with van der Waals surface area (Å²) in [5.41, 5.74) is 2.46. The van der Waals surface area contributed by atoms with Crippen molar-refractivity contribution in [2.24, 2.45) is 0 Å². The minimum atomic E-state index is 0.269. The second kappa shape index (κ2) is 6.78. The lowest BCUT2D eigenvalue weighted by atomic mass is 9.97. The number of nitrogens with zero attached hydrogens (tertiary/aromatic N) is 1. The van der Waals surface area contributed by atoms with Gasteiger partial charge in [-0.25, -0.2) is 0 Å². The van der Waals surface area contributed by atoms with Crippen LogP contribution in [0.1, 0.15) is 43.2 Å². The van der Waals surface area contributed by atoms with E-state index in [1.807, 2.05) is 36.4 Å². The number of hydrogen-bond donors (Lipinski definition) is 0. The Kier molecular flexibility index (Phi) is 4.57. The van der Waals surface area contributed by atoms with E-state index < -0.39 is 0 Å². The van der Waals surface area contributed by atoms with Gasteiger partial charge in [0.05, 0.1) is 0 Å². The molecule has 0 N–H and O–H groups in total. The minimum absolute atomic E-state index is 0.269. The molecule has 2 aromatic rings. The van der Waals surface area contributed by atoms with Gasteiger partial charge in [-0.2, -0.15) is 0 Å². The zero-order valence-corrected chi connectivity index (χ0v) is 13.1. The van der Waals surface area contributed by atoms with Gasteiger partial charge in [-0.05, 0) is 29.9 Å². The topological polar surface area (TPSA) is 20.3 Å². The molecule has 0 aromatic heterocycles. The van der Waals surface area contributed by atoms with E-state index in [0.29, 0.717) is 12.5 Å². The number of carbonyl (C=O) groups excluding carboxylic acids is 1. The molecular formula is C20H23NO. The van der Waals surface area contributed by atoms with Crippen LogP contribution in [-0.2, 0) is 11.3 Å². The summed E-state index contributed by atoms with van der Waals surface area (Å²) in [5, 5.41) is 0. The van der Waals surface area contributed by atoms with Crippen molar-refractivity contribution in [3.63, 3.8) is 0 Å². The van der Waals surface area contributed by atoms with E-state index in [9.17, 15) is 4.79 Å². The maximum absolute atomic E-state index is 12.7. The molecule has 0 saturated heterocycles. The number of amides is 1. The molecule has 2 nitrogen and oxygen atoms in total. The molecular weight excluding hydrogens is 270 g/mol. The molecule has 0 heterocycles.